The third-order valence-electron chi connectivity index (χ3n) is 2.07. The summed E-state index contributed by atoms with van der Waals surface area (Å²) in [7, 11) is 0. The van der Waals surface area contributed by atoms with Gasteiger partial charge in [-0.3, -0.25) is 0 Å². The first-order chi connectivity index (χ1) is 6.48. The third-order valence-corrected chi connectivity index (χ3v) is 2.07. The second-order valence-electron chi connectivity index (χ2n) is 3.15. The van der Waals surface area contributed by atoms with Gasteiger partial charge in [0.15, 0.2) is 5.69 Å². The number of halogens is 3. The van der Waals surface area contributed by atoms with Crippen LogP contribution in [0.4, 0.5) is 13.2 Å². The number of hydrogen-bond acceptors (Lipinski definition) is 3. The number of fused-ring (bicyclic) bond motifs is 1. The van der Waals surface area contributed by atoms with Crippen LogP contribution in [0.1, 0.15) is 22.8 Å². The number of nitrogens with zero attached hydrogens (tertiary/aromatic N) is 2. The lowest BCUT2D eigenvalue weighted by Gasteiger charge is -2.10. The van der Waals surface area contributed by atoms with Crippen molar-refractivity contribution in [1.82, 2.24) is 15.3 Å². The van der Waals surface area contributed by atoms with Gasteiger partial charge < -0.3 is 5.32 Å². The van der Waals surface area contributed by atoms with Gasteiger partial charge in [0.2, 0.25) is 0 Å². The molecule has 0 aromatic carbocycles. The van der Waals surface area contributed by atoms with Gasteiger partial charge in [-0.05, 0) is 6.92 Å². The van der Waals surface area contributed by atoms with E-state index in [4.69, 9.17) is 0 Å². The van der Waals surface area contributed by atoms with E-state index in [0.29, 0.717) is 12.2 Å². The van der Waals surface area contributed by atoms with Crippen LogP contribution in [0.5, 0.6) is 0 Å². The highest BCUT2D eigenvalue weighted by molar-refractivity contribution is 5.30. The number of aryl methyl sites for hydroxylation is 1. The molecule has 1 aliphatic rings. The minimum atomic E-state index is -4.39. The quantitative estimate of drug-likeness (QED) is 0.692. The Bertz CT molecular complexity index is 373. The van der Waals surface area contributed by atoms with Gasteiger partial charge in [0.1, 0.15) is 5.82 Å². The lowest BCUT2D eigenvalue weighted by atomic mass is 10.2. The fraction of sp³-hybridized carbons (Fsp3) is 0.500. The fourth-order valence-corrected chi connectivity index (χ4v) is 1.53. The molecule has 0 spiro atoms. The van der Waals surface area contributed by atoms with Gasteiger partial charge in [0.05, 0.1) is 5.69 Å². The Morgan fingerprint density at radius 2 is 1.93 bits per heavy atom. The van der Waals surface area contributed by atoms with Crippen molar-refractivity contribution < 1.29 is 13.2 Å². The Kier molecular flexibility index (Phi) is 1.95. The topological polar surface area (TPSA) is 37.8 Å². The summed E-state index contributed by atoms with van der Waals surface area (Å²) in [6, 6.07) is 0. The first-order valence-electron chi connectivity index (χ1n) is 4.13. The average molecular weight is 203 g/mol. The lowest BCUT2D eigenvalue weighted by Crippen LogP contribution is -2.14. The molecule has 0 atom stereocenters. The average Bonchev–Trinajstić information content (AvgIpc) is 2.47. The Morgan fingerprint density at radius 3 is 2.57 bits per heavy atom. The van der Waals surface area contributed by atoms with Crippen molar-refractivity contribution in [3.63, 3.8) is 0 Å². The van der Waals surface area contributed by atoms with Crippen LogP contribution in [0.15, 0.2) is 0 Å². The number of aromatic nitrogens is 2. The van der Waals surface area contributed by atoms with Gasteiger partial charge >= 0.3 is 6.18 Å². The van der Waals surface area contributed by atoms with E-state index in [2.05, 4.69) is 15.3 Å². The zero-order chi connectivity index (χ0) is 10.3. The van der Waals surface area contributed by atoms with Crippen LogP contribution in [0, 0.1) is 6.92 Å². The van der Waals surface area contributed by atoms with Gasteiger partial charge in [-0.1, -0.05) is 0 Å². The van der Waals surface area contributed by atoms with E-state index < -0.39 is 11.9 Å². The first-order valence-corrected chi connectivity index (χ1v) is 4.13. The molecule has 1 aromatic rings. The molecule has 1 N–H and O–H groups in total. The molecular formula is C8H8F3N3. The number of hydrogen-bond donors (Lipinski definition) is 1. The largest absolute Gasteiger partial charge is 0.433 e. The summed E-state index contributed by atoms with van der Waals surface area (Å²) in [5.41, 5.74) is -0.155. The standard InChI is InChI=1S/C8H8F3N3/c1-4-13-6-3-12-2-5(6)7(14-4)8(9,10)11/h12H,2-3H2,1H3. The Balaban J connectivity index is 2.60. The van der Waals surface area contributed by atoms with Crippen LogP contribution in [0.2, 0.25) is 0 Å². The normalized spacial score (nSPS) is 15.7. The van der Waals surface area contributed by atoms with Crippen molar-refractivity contribution in [2.75, 3.05) is 0 Å². The van der Waals surface area contributed by atoms with E-state index in [0.717, 1.165) is 0 Å². The maximum Gasteiger partial charge on any atom is 0.433 e. The van der Waals surface area contributed by atoms with E-state index in [-0.39, 0.29) is 17.9 Å². The maximum atomic E-state index is 12.5. The van der Waals surface area contributed by atoms with Gasteiger partial charge in [0.25, 0.3) is 0 Å². The van der Waals surface area contributed by atoms with E-state index in [1.165, 1.54) is 6.92 Å². The molecule has 0 radical (unpaired) electrons. The van der Waals surface area contributed by atoms with Crippen molar-refractivity contribution in [3.8, 4) is 0 Å². The third kappa shape index (κ3) is 1.45. The molecule has 0 unspecified atom stereocenters. The molecule has 0 aliphatic carbocycles. The molecule has 2 rings (SSSR count). The predicted octanol–water partition coefficient (Wildman–Crippen LogP) is 1.41. The molecule has 76 valence electrons. The molecule has 3 nitrogen and oxygen atoms in total. The maximum absolute atomic E-state index is 12.5. The SMILES string of the molecule is Cc1nc2c(c(C(F)(F)F)n1)CNC2. The molecule has 6 heteroatoms. The zero-order valence-corrected chi connectivity index (χ0v) is 7.44. The smallest absolute Gasteiger partial charge is 0.307 e. The van der Waals surface area contributed by atoms with Crippen LogP contribution < -0.4 is 5.32 Å². The first kappa shape index (κ1) is 9.39. The van der Waals surface area contributed by atoms with E-state index in [1.807, 2.05) is 0 Å². The highest BCUT2D eigenvalue weighted by Crippen LogP contribution is 2.32. The van der Waals surface area contributed by atoms with Crippen molar-refractivity contribution in [1.29, 1.82) is 0 Å². The van der Waals surface area contributed by atoms with Gasteiger partial charge in [-0.2, -0.15) is 13.2 Å². The summed E-state index contributed by atoms with van der Waals surface area (Å²) in [4.78, 5) is 7.39. The monoisotopic (exact) mass is 203 g/mol. The summed E-state index contributed by atoms with van der Waals surface area (Å²) >= 11 is 0. The molecule has 2 heterocycles. The summed E-state index contributed by atoms with van der Waals surface area (Å²) in [5.74, 6) is 0.166. The van der Waals surface area contributed by atoms with Crippen molar-refractivity contribution >= 4 is 0 Å². The molecule has 0 saturated heterocycles. The van der Waals surface area contributed by atoms with E-state index >= 15 is 0 Å². The van der Waals surface area contributed by atoms with Crippen molar-refractivity contribution in [2.24, 2.45) is 0 Å². The van der Waals surface area contributed by atoms with Crippen LogP contribution in [-0.2, 0) is 19.3 Å². The molecule has 14 heavy (non-hydrogen) atoms. The van der Waals surface area contributed by atoms with E-state index in [9.17, 15) is 13.2 Å². The minimum Gasteiger partial charge on any atom is -0.307 e. The Morgan fingerprint density at radius 1 is 1.21 bits per heavy atom. The summed E-state index contributed by atoms with van der Waals surface area (Å²) in [5, 5.41) is 2.82. The van der Waals surface area contributed by atoms with Gasteiger partial charge in [-0.15, -0.1) is 0 Å². The summed E-state index contributed by atoms with van der Waals surface area (Å²) in [6.45, 7) is 2.06. The predicted molar refractivity (Wildman–Crippen MR) is 42.3 cm³/mol. The number of rotatable bonds is 0. The molecule has 0 amide bonds. The van der Waals surface area contributed by atoms with Crippen molar-refractivity contribution in [2.45, 2.75) is 26.2 Å². The Labute approximate surface area is 78.4 Å². The van der Waals surface area contributed by atoms with Crippen LogP contribution in [0.3, 0.4) is 0 Å². The second kappa shape index (κ2) is 2.91. The lowest BCUT2D eigenvalue weighted by molar-refractivity contribution is -0.142. The second-order valence-corrected chi connectivity index (χ2v) is 3.15. The highest BCUT2D eigenvalue weighted by Gasteiger charge is 2.38. The molecular weight excluding hydrogens is 195 g/mol. The van der Waals surface area contributed by atoms with Crippen LogP contribution >= 0.6 is 0 Å². The zero-order valence-electron chi connectivity index (χ0n) is 7.44. The van der Waals surface area contributed by atoms with Gasteiger partial charge in [0, 0.05) is 18.7 Å². The highest BCUT2D eigenvalue weighted by atomic mass is 19.4. The number of nitrogens with one attached hydrogen (secondary N) is 1. The van der Waals surface area contributed by atoms with E-state index in [1.54, 1.807) is 0 Å². The summed E-state index contributed by atoms with van der Waals surface area (Å²) < 4.78 is 37.5. The fourth-order valence-electron chi connectivity index (χ4n) is 1.53. The van der Waals surface area contributed by atoms with Crippen LogP contribution in [-0.4, -0.2) is 9.97 Å². The van der Waals surface area contributed by atoms with Crippen LogP contribution in [0.25, 0.3) is 0 Å². The Hall–Kier alpha value is -1.17. The van der Waals surface area contributed by atoms with Gasteiger partial charge in [-0.25, -0.2) is 9.97 Å². The molecule has 1 aliphatic heterocycles. The minimum absolute atomic E-state index is 0.166. The summed E-state index contributed by atoms with van der Waals surface area (Å²) in [6.07, 6.45) is -4.39. The molecule has 0 fully saturated rings. The molecule has 0 bridgehead atoms. The number of alkyl halides is 3. The molecule has 1 aromatic heterocycles. The molecule has 0 saturated carbocycles. The van der Waals surface area contributed by atoms with Crippen molar-refractivity contribution in [3.05, 3.63) is 22.8 Å².